The van der Waals surface area contributed by atoms with Crippen molar-refractivity contribution in [2.24, 2.45) is 17.6 Å². The Morgan fingerprint density at radius 2 is 1.88 bits per heavy atom. The molecule has 2 aromatic rings. The zero-order chi connectivity index (χ0) is 18.1. The van der Waals surface area contributed by atoms with Crippen LogP contribution in [-0.4, -0.2) is 13.7 Å². The van der Waals surface area contributed by atoms with Gasteiger partial charge in [0.05, 0.1) is 7.11 Å². The van der Waals surface area contributed by atoms with E-state index in [9.17, 15) is 0 Å². The average molecular weight is 402 g/mol. The number of rotatable bonds is 4. The molecule has 2 aromatic carbocycles. The van der Waals surface area contributed by atoms with Gasteiger partial charge in [0, 0.05) is 4.47 Å². The number of hydrogen-bond acceptors (Lipinski definition) is 2. The molecule has 25 heavy (non-hydrogen) atoms. The number of allylic oxidation sites excluding steroid dienone is 2. The lowest BCUT2D eigenvalue weighted by Gasteiger charge is -2.28. The zero-order valence-corrected chi connectivity index (χ0v) is 16.7. The maximum atomic E-state index is 5.66. The molecule has 1 aliphatic carbocycles. The minimum atomic E-state index is 0.748. The number of ether oxygens (including phenoxy) is 1. The van der Waals surface area contributed by atoms with Crippen LogP contribution >= 0.6 is 15.9 Å². The van der Waals surface area contributed by atoms with Gasteiger partial charge in [-0.15, -0.1) is 0 Å². The highest BCUT2D eigenvalue weighted by Crippen LogP contribution is 2.36. The first kappa shape index (κ1) is 19.7. The van der Waals surface area contributed by atoms with Gasteiger partial charge in [0.1, 0.15) is 5.75 Å². The monoisotopic (exact) mass is 401 g/mol. The van der Waals surface area contributed by atoms with Crippen molar-refractivity contribution in [2.75, 3.05) is 13.7 Å². The largest absolute Gasteiger partial charge is 0.497 e. The molecule has 3 heteroatoms. The molecule has 3 rings (SSSR count). The molecule has 0 bridgehead atoms. The Balaban J connectivity index is 0.000000236. The van der Waals surface area contributed by atoms with Crippen molar-refractivity contribution in [3.05, 3.63) is 70.7 Å². The highest BCUT2D eigenvalue weighted by Gasteiger charge is 2.22. The summed E-state index contributed by atoms with van der Waals surface area (Å²) in [7, 11) is 1.66. The zero-order valence-electron chi connectivity index (χ0n) is 15.1. The van der Waals surface area contributed by atoms with E-state index in [1.54, 1.807) is 7.11 Å². The van der Waals surface area contributed by atoms with E-state index in [1.807, 2.05) is 30.3 Å². The molecule has 0 radical (unpaired) electrons. The molecule has 0 heterocycles. The first-order chi connectivity index (χ1) is 12.1. The van der Waals surface area contributed by atoms with Crippen LogP contribution in [-0.2, 0) is 0 Å². The third-order valence-corrected chi connectivity index (χ3v) is 5.22. The highest BCUT2D eigenvalue weighted by atomic mass is 79.9. The molecule has 1 aliphatic rings. The van der Waals surface area contributed by atoms with E-state index in [0.29, 0.717) is 0 Å². The number of benzene rings is 2. The molecule has 0 aromatic heterocycles. The van der Waals surface area contributed by atoms with Crippen LogP contribution in [0.5, 0.6) is 5.75 Å². The Labute approximate surface area is 160 Å². The van der Waals surface area contributed by atoms with Gasteiger partial charge in [-0.05, 0) is 73.0 Å². The minimum Gasteiger partial charge on any atom is -0.497 e. The number of methoxy groups -OCH3 is 1. The third kappa shape index (κ3) is 6.33. The van der Waals surface area contributed by atoms with Gasteiger partial charge in [0.2, 0.25) is 0 Å². The average Bonchev–Trinajstić information content (AvgIpc) is 2.65. The molecule has 0 amide bonds. The number of para-hydroxylation sites is 1. The summed E-state index contributed by atoms with van der Waals surface area (Å²) in [5.74, 6) is 2.43. The van der Waals surface area contributed by atoms with Gasteiger partial charge >= 0.3 is 0 Å². The van der Waals surface area contributed by atoms with Crippen LogP contribution in [0.3, 0.4) is 0 Å². The lowest BCUT2D eigenvalue weighted by Crippen LogP contribution is -2.19. The van der Waals surface area contributed by atoms with Crippen molar-refractivity contribution in [1.29, 1.82) is 0 Å². The molecule has 134 valence electrons. The van der Waals surface area contributed by atoms with Gasteiger partial charge in [-0.25, -0.2) is 0 Å². The second-order valence-corrected chi connectivity index (χ2v) is 7.43. The van der Waals surface area contributed by atoms with Crippen LogP contribution in [0, 0.1) is 11.8 Å². The van der Waals surface area contributed by atoms with Gasteiger partial charge in [-0.3, -0.25) is 0 Å². The van der Waals surface area contributed by atoms with Gasteiger partial charge in [0.25, 0.3) is 0 Å². The highest BCUT2D eigenvalue weighted by molar-refractivity contribution is 9.10. The summed E-state index contributed by atoms with van der Waals surface area (Å²) in [6, 6.07) is 18.3. The van der Waals surface area contributed by atoms with E-state index in [1.165, 1.54) is 24.0 Å². The van der Waals surface area contributed by atoms with Gasteiger partial charge in [0.15, 0.2) is 0 Å². The summed E-state index contributed by atoms with van der Waals surface area (Å²) < 4.78 is 6.07. The summed E-state index contributed by atoms with van der Waals surface area (Å²) in [5.41, 5.74) is 8.51. The van der Waals surface area contributed by atoms with Gasteiger partial charge in [-0.2, -0.15) is 0 Å². The van der Waals surface area contributed by atoms with Crippen molar-refractivity contribution in [3.63, 3.8) is 0 Å². The normalized spacial score (nSPS) is 19.4. The Bertz CT molecular complexity index is 669. The molecular weight excluding hydrogens is 374 g/mol. The molecule has 0 fully saturated rings. The van der Waals surface area contributed by atoms with Gasteiger partial charge < -0.3 is 10.5 Å². The summed E-state index contributed by atoms with van der Waals surface area (Å²) >= 11 is 3.54. The number of halogens is 1. The fourth-order valence-electron chi connectivity index (χ4n) is 3.22. The maximum Gasteiger partial charge on any atom is 0.118 e. The Hall–Kier alpha value is -1.58. The molecule has 2 unspecified atom stereocenters. The smallest absolute Gasteiger partial charge is 0.118 e. The fourth-order valence-corrected chi connectivity index (χ4v) is 3.62. The predicted molar refractivity (Wildman–Crippen MR) is 111 cm³/mol. The summed E-state index contributed by atoms with van der Waals surface area (Å²) in [4.78, 5) is 0. The van der Waals surface area contributed by atoms with E-state index in [2.05, 4.69) is 53.2 Å². The lowest BCUT2D eigenvalue weighted by atomic mass is 9.77. The topological polar surface area (TPSA) is 35.2 Å². The second-order valence-electron chi connectivity index (χ2n) is 6.51. The lowest BCUT2D eigenvalue weighted by molar-refractivity contribution is 0.337. The number of hydrogen-bond donors (Lipinski definition) is 1. The van der Waals surface area contributed by atoms with Crippen LogP contribution < -0.4 is 10.5 Å². The maximum absolute atomic E-state index is 5.66. The Morgan fingerprint density at radius 1 is 1.12 bits per heavy atom. The molecule has 0 saturated heterocycles. The Morgan fingerprint density at radius 3 is 2.44 bits per heavy atom. The SMILES string of the molecule is CC1CC(c2cccc(Br)c2)=CCC1CCN.COc1ccccc1. The first-order valence-electron chi connectivity index (χ1n) is 8.88. The van der Waals surface area contributed by atoms with E-state index >= 15 is 0 Å². The van der Waals surface area contributed by atoms with Crippen LogP contribution in [0.15, 0.2) is 65.1 Å². The van der Waals surface area contributed by atoms with Crippen molar-refractivity contribution in [2.45, 2.75) is 26.2 Å². The van der Waals surface area contributed by atoms with Crippen LogP contribution in [0.2, 0.25) is 0 Å². The number of nitrogens with two attached hydrogens (primary N) is 1. The molecule has 2 nitrogen and oxygen atoms in total. The van der Waals surface area contributed by atoms with Crippen molar-refractivity contribution in [1.82, 2.24) is 0 Å². The predicted octanol–water partition coefficient (Wildman–Crippen LogP) is 5.92. The molecular formula is C22H28BrNO. The fraction of sp³-hybridized carbons (Fsp3) is 0.364. The molecule has 0 saturated carbocycles. The molecule has 0 aliphatic heterocycles. The van der Waals surface area contributed by atoms with Crippen molar-refractivity contribution >= 4 is 21.5 Å². The van der Waals surface area contributed by atoms with Crippen molar-refractivity contribution in [3.8, 4) is 5.75 Å². The van der Waals surface area contributed by atoms with E-state index < -0.39 is 0 Å². The third-order valence-electron chi connectivity index (χ3n) is 4.73. The quantitative estimate of drug-likeness (QED) is 0.689. The summed E-state index contributed by atoms with van der Waals surface area (Å²) in [6.07, 6.45) is 5.92. The summed E-state index contributed by atoms with van der Waals surface area (Å²) in [6.45, 7) is 3.17. The second kappa shape index (κ2) is 10.4. The van der Waals surface area contributed by atoms with E-state index in [4.69, 9.17) is 10.5 Å². The molecule has 2 N–H and O–H groups in total. The summed E-state index contributed by atoms with van der Waals surface area (Å²) in [5, 5.41) is 0. The Kier molecular flexibility index (Phi) is 8.23. The first-order valence-corrected chi connectivity index (χ1v) is 9.67. The van der Waals surface area contributed by atoms with Gasteiger partial charge in [-0.1, -0.05) is 59.3 Å². The minimum absolute atomic E-state index is 0.748. The van der Waals surface area contributed by atoms with E-state index in [-0.39, 0.29) is 0 Å². The van der Waals surface area contributed by atoms with Crippen LogP contribution in [0.1, 0.15) is 31.7 Å². The molecule has 0 spiro atoms. The molecule has 2 atom stereocenters. The van der Waals surface area contributed by atoms with Crippen molar-refractivity contribution < 1.29 is 4.74 Å². The van der Waals surface area contributed by atoms with Crippen LogP contribution in [0.25, 0.3) is 5.57 Å². The van der Waals surface area contributed by atoms with E-state index in [0.717, 1.165) is 35.0 Å². The standard InChI is InChI=1S/C15H20BrN.C7H8O/c1-11-9-14(6-5-12(11)7-8-17)13-3-2-4-15(16)10-13;1-8-7-5-3-2-4-6-7/h2-4,6,10-12H,5,7-9,17H2,1H3;2-6H,1H3. The van der Waals surface area contributed by atoms with Crippen LogP contribution in [0.4, 0.5) is 0 Å².